The first-order valence-electron chi connectivity index (χ1n) is 8.12. The second-order valence-electron chi connectivity index (χ2n) is 6.54. The molecule has 2 aliphatic heterocycles. The van der Waals surface area contributed by atoms with Gasteiger partial charge in [-0.05, 0) is 31.9 Å². The van der Waals surface area contributed by atoms with Crippen LogP contribution in [0.2, 0.25) is 0 Å². The summed E-state index contributed by atoms with van der Waals surface area (Å²) in [7, 11) is 1.98. The van der Waals surface area contributed by atoms with Crippen molar-refractivity contribution in [3.05, 3.63) is 41.9 Å². The summed E-state index contributed by atoms with van der Waals surface area (Å²) in [6.07, 6.45) is 6.59. The van der Waals surface area contributed by atoms with Crippen molar-refractivity contribution in [2.24, 2.45) is 7.05 Å². The van der Waals surface area contributed by atoms with Crippen molar-refractivity contribution in [1.82, 2.24) is 19.7 Å². The van der Waals surface area contributed by atoms with Crippen LogP contribution < -0.4 is 4.90 Å². The molecule has 2 fully saturated rings. The maximum Gasteiger partial charge on any atom is 0.129 e. The number of aromatic nitrogens is 3. The molecule has 0 saturated carbocycles. The standard InChI is InChI=1S/C17H23N5/c1-13-4-3-5-17(19-13)22-9-7-15-16(22)6-8-21(15)12-14-10-18-20(2)11-14/h3-5,10-11,15-16H,6-9,12H2,1-2H3/t15-,16+/m0/s1. The van der Waals surface area contributed by atoms with Crippen LogP contribution in [0.3, 0.4) is 0 Å². The molecule has 0 spiro atoms. The largest absolute Gasteiger partial charge is 0.352 e. The molecule has 0 aromatic carbocycles. The van der Waals surface area contributed by atoms with Crippen LogP contribution in [0, 0.1) is 6.92 Å². The minimum Gasteiger partial charge on any atom is -0.352 e. The zero-order valence-electron chi connectivity index (χ0n) is 13.3. The van der Waals surface area contributed by atoms with Gasteiger partial charge in [-0.15, -0.1) is 0 Å². The molecule has 4 rings (SSSR count). The molecule has 2 aromatic heterocycles. The highest BCUT2D eigenvalue weighted by Crippen LogP contribution is 2.35. The van der Waals surface area contributed by atoms with Crippen molar-refractivity contribution < 1.29 is 0 Å². The number of anilines is 1. The first-order chi connectivity index (χ1) is 10.7. The second-order valence-corrected chi connectivity index (χ2v) is 6.54. The first-order valence-corrected chi connectivity index (χ1v) is 8.12. The fourth-order valence-corrected chi connectivity index (χ4v) is 4.03. The number of hydrogen-bond donors (Lipinski definition) is 0. The van der Waals surface area contributed by atoms with Gasteiger partial charge in [0, 0.05) is 56.2 Å². The average Bonchev–Trinajstić information content (AvgIpc) is 3.17. The van der Waals surface area contributed by atoms with Gasteiger partial charge >= 0.3 is 0 Å². The van der Waals surface area contributed by atoms with Gasteiger partial charge < -0.3 is 4.90 Å². The summed E-state index contributed by atoms with van der Waals surface area (Å²) in [5.41, 5.74) is 2.42. The van der Waals surface area contributed by atoms with Crippen LogP contribution in [0.5, 0.6) is 0 Å². The van der Waals surface area contributed by atoms with E-state index < -0.39 is 0 Å². The Balaban J connectivity index is 1.49. The molecule has 4 heterocycles. The summed E-state index contributed by atoms with van der Waals surface area (Å²) in [4.78, 5) is 9.86. The molecule has 0 radical (unpaired) electrons. The Morgan fingerprint density at radius 3 is 2.82 bits per heavy atom. The monoisotopic (exact) mass is 297 g/mol. The van der Waals surface area contributed by atoms with Crippen LogP contribution >= 0.6 is 0 Å². The van der Waals surface area contributed by atoms with E-state index in [-0.39, 0.29) is 0 Å². The summed E-state index contributed by atoms with van der Waals surface area (Å²) in [5, 5.41) is 4.29. The lowest BCUT2D eigenvalue weighted by atomic mass is 10.1. The number of fused-ring (bicyclic) bond motifs is 1. The van der Waals surface area contributed by atoms with E-state index in [0.717, 1.165) is 24.6 Å². The Morgan fingerprint density at radius 2 is 2.05 bits per heavy atom. The third kappa shape index (κ3) is 2.39. The Hall–Kier alpha value is -1.88. The highest BCUT2D eigenvalue weighted by Gasteiger charge is 2.42. The van der Waals surface area contributed by atoms with Gasteiger partial charge in [-0.2, -0.15) is 5.10 Å². The van der Waals surface area contributed by atoms with Gasteiger partial charge in [0.2, 0.25) is 0 Å². The number of nitrogens with zero attached hydrogens (tertiary/aromatic N) is 5. The Kier molecular flexibility index (Phi) is 3.37. The normalized spacial score (nSPS) is 24.9. The smallest absolute Gasteiger partial charge is 0.129 e. The van der Waals surface area contributed by atoms with Crippen LogP contribution in [-0.4, -0.2) is 44.8 Å². The van der Waals surface area contributed by atoms with E-state index >= 15 is 0 Å². The lowest BCUT2D eigenvalue weighted by molar-refractivity contribution is 0.246. The zero-order valence-corrected chi connectivity index (χ0v) is 13.3. The van der Waals surface area contributed by atoms with E-state index in [1.165, 1.54) is 24.9 Å². The third-order valence-electron chi connectivity index (χ3n) is 5.00. The molecule has 0 aliphatic carbocycles. The molecule has 0 bridgehead atoms. The molecule has 0 unspecified atom stereocenters. The van der Waals surface area contributed by atoms with Crippen LogP contribution in [0.25, 0.3) is 0 Å². The lowest BCUT2D eigenvalue weighted by Gasteiger charge is -2.26. The Bertz CT molecular complexity index is 665. The van der Waals surface area contributed by atoms with Gasteiger partial charge in [0.25, 0.3) is 0 Å². The van der Waals surface area contributed by atoms with E-state index in [0.29, 0.717) is 12.1 Å². The molecule has 5 heteroatoms. The molecule has 2 aromatic rings. The van der Waals surface area contributed by atoms with Crippen LogP contribution in [0.15, 0.2) is 30.6 Å². The average molecular weight is 297 g/mol. The molecule has 2 atom stereocenters. The van der Waals surface area contributed by atoms with E-state index in [2.05, 4.69) is 46.2 Å². The summed E-state index contributed by atoms with van der Waals surface area (Å²) < 4.78 is 1.89. The highest BCUT2D eigenvalue weighted by atomic mass is 15.3. The van der Waals surface area contributed by atoms with E-state index in [1.807, 2.05) is 17.9 Å². The molecule has 0 N–H and O–H groups in total. The molecular weight excluding hydrogens is 274 g/mol. The predicted molar refractivity (Wildman–Crippen MR) is 86.7 cm³/mol. The minimum absolute atomic E-state index is 0.617. The Morgan fingerprint density at radius 1 is 1.18 bits per heavy atom. The maximum atomic E-state index is 4.72. The van der Waals surface area contributed by atoms with E-state index in [4.69, 9.17) is 4.98 Å². The van der Waals surface area contributed by atoms with Crippen molar-refractivity contribution in [1.29, 1.82) is 0 Å². The van der Waals surface area contributed by atoms with Crippen molar-refractivity contribution in [2.75, 3.05) is 18.0 Å². The molecular formula is C17H23N5. The van der Waals surface area contributed by atoms with Gasteiger partial charge in [-0.25, -0.2) is 4.98 Å². The highest BCUT2D eigenvalue weighted by molar-refractivity contribution is 5.43. The van der Waals surface area contributed by atoms with E-state index in [1.54, 1.807) is 0 Å². The summed E-state index contributed by atoms with van der Waals surface area (Å²) in [6, 6.07) is 7.61. The first kappa shape index (κ1) is 13.8. The lowest BCUT2D eigenvalue weighted by Crippen LogP contribution is -2.36. The summed E-state index contributed by atoms with van der Waals surface area (Å²) in [6.45, 7) is 5.38. The summed E-state index contributed by atoms with van der Waals surface area (Å²) in [5.74, 6) is 1.15. The van der Waals surface area contributed by atoms with Gasteiger partial charge in [0.15, 0.2) is 0 Å². The fourth-order valence-electron chi connectivity index (χ4n) is 4.03. The van der Waals surface area contributed by atoms with Gasteiger partial charge in [0.1, 0.15) is 5.82 Å². The third-order valence-corrected chi connectivity index (χ3v) is 5.00. The van der Waals surface area contributed by atoms with Crippen LogP contribution in [0.4, 0.5) is 5.82 Å². The van der Waals surface area contributed by atoms with Crippen molar-refractivity contribution in [3.8, 4) is 0 Å². The molecule has 5 nitrogen and oxygen atoms in total. The molecule has 116 valence electrons. The van der Waals surface area contributed by atoms with Crippen LogP contribution in [0.1, 0.15) is 24.1 Å². The number of pyridine rings is 1. The number of hydrogen-bond acceptors (Lipinski definition) is 4. The second kappa shape index (κ2) is 5.39. The molecule has 2 aliphatic rings. The van der Waals surface area contributed by atoms with Crippen molar-refractivity contribution in [3.63, 3.8) is 0 Å². The van der Waals surface area contributed by atoms with Gasteiger partial charge in [0.05, 0.1) is 6.20 Å². The topological polar surface area (TPSA) is 37.2 Å². The summed E-state index contributed by atoms with van der Waals surface area (Å²) >= 11 is 0. The van der Waals surface area contributed by atoms with Crippen LogP contribution in [-0.2, 0) is 13.6 Å². The Labute approximate surface area is 131 Å². The molecule has 22 heavy (non-hydrogen) atoms. The van der Waals surface area contributed by atoms with Gasteiger partial charge in [-0.3, -0.25) is 9.58 Å². The van der Waals surface area contributed by atoms with Crippen molar-refractivity contribution in [2.45, 2.75) is 38.4 Å². The number of aryl methyl sites for hydroxylation is 2. The van der Waals surface area contributed by atoms with E-state index in [9.17, 15) is 0 Å². The van der Waals surface area contributed by atoms with Crippen molar-refractivity contribution >= 4 is 5.82 Å². The molecule has 0 amide bonds. The fraction of sp³-hybridized carbons (Fsp3) is 0.529. The quantitative estimate of drug-likeness (QED) is 0.868. The SMILES string of the molecule is Cc1cccc(N2CC[C@H]3[C@H]2CCN3Cc2cnn(C)c2)n1. The van der Waals surface area contributed by atoms with Gasteiger partial charge in [-0.1, -0.05) is 6.07 Å². The zero-order chi connectivity index (χ0) is 15.1. The minimum atomic E-state index is 0.617. The number of likely N-dealkylation sites (tertiary alicyclic amines) is 1. The number of rotatable bonds is 3. The predicted octanol–water partition coefficient (Wildman–Crippen LogP) is 1.98. The maximum absolute atomic E-state index is 4.72. The molecule has 2 saturated heterocycles.